The van der Waals surface area contributed by atoms with Crippen LogP contribution in [0.5, 0.6) is 0 Å². The number of hydrogen-bond donors (Lipinski definition) is 1. The van der Waals surface area contributed by atoms with Gasteiger partial charge in [-0.25, -0.2) is 4.79 Å². The van der Waals surface area contributed by atoms with E-state index in [9.17, 15) is 9.90 Å². The van der Waals surface area contributed by atoms with Crippen molar-refractivity contribution in [2.45, 2.75) is 82.5 Å². The number of nitrogens with zero attached hydrogens (tertiary/aromatic N) is 4. The summed E-state index contributed by atoms with van der Waals surface area (Å²) >= 11 is 7.26. The number of carbonyl (C=O) groups excluding carboxylic acids is 1. The third-order valence-electron chi connectivity index (χ3n) is 7.34. The lowest BCUT2D eigenvalue weighted by atomic mass is 9.71. The Kier molecular flexibility index (Phi) is 6.12. The molecule has 36 heavy (non-hydrogen) atoms. The summed E-state index contributed by atoms with van der Waals surface area (Å²) < 4.78 is 7.57. The van der Waals surface area contributed by atoms with Gasteiger partial charge in [0.05, 0.1) is 29.3 Å². The zero-order valence-corrected chi connectivity index (χ0v) is 22.0. The average molecular weight is 509 g/mol. The summed E-state index contributed by atoms with van der Waals surface area (Å²) in [6.45, 7) is 8.29. The Morgan fingerprint density at radius 2 is 1.81 bits per heavy atom. The summed E-state index contributed by atoms with van der Waals surface area (Å²) in [5.41, 5.74) is 3.49. The monoisotopic (exact) mass is 508 g/mol. The number of fused-ring (bicyclic) bond motifs is 3. The topological polar surface area (TPSA) is 80.5 Å². The van der Waals surface area contributed by atoms with Crippen LogP contribution in [0, 0.1) is 6.92 Å². The van der Waals surface area contributed by atoms with E-state index in [2.05, 4.69) is 22.3 Å². The Morgan fingerprint density at radius 3 is 2.50 bits per heavy atom. The van der Waals surface area contributed by atoms with E-state index in [1.54, 1.807) is 11.2 Å². The molecule has 1 aliphatic heterocycles. The van der Waals surface area contributed by atoms with Gasteiger partial charge in [0.25, 0.3) is 0 Å². The molecule has 2 aliphatic rings. The van der Waals surface area contributed by atoms with Crippen molar-refractivity contribution in [3.05, 3.63) is 76.9 Å². The second-order valence-corrected chi connectivity index (χ2v) is 11.8. The van der Waals surface area contributed by atoms with Gasteiger partial charge in [-0.3, -0.25) is 9.47 Å². The molecule has 2 aromatic carbocycles. The van der Waals surface area contributed by atoms with Gasteiger partial charge in [-0.1, -0.05) is 36.4 Å². The lowest BCUT2D eigenvalue weighted by Crippen LogP contribution is -2.37. The fourth-order valence-electron chi connectivity index (χ4n) is 5.39. The highest BCUT2D eigenvalue weighted by atomic mass is 35.5. The second-order valence-electron chi connectivity index (χ2n) is 11.1. The molecule has 1 amide bonds. The molecule has 7 nitrogen and oxygen atoms in total. The van der Waals surface area contributed by atoms with Crippen LogP contribution in [0.15, 0.2) is 48.8 Å². The molecule has 0 saturated heterocycles. The molecular formula is C28H33ClN4O3. The normalized spacial score (nSPS) is 24.0. The Bertz CT molecular complexity index is 1290. The van der Waals surface area contributed by atoms with Gasteiger partial charge < -0.3 is 9.84 Å². The molecule has 1 aromatic heterocycles. The second kappa shape index (κ2) is 8.89. The fourth-order valence-corrected chi connectivity index (χ4v) is 5.70. The number of carbonyl (C=O) groups is 1. The molecule has 0 bridgehead atoms. The zero-order chi connectivity index (χ0) is 25.7. The smallest absolute Gasteiger partial charge is 0.411 e. The number of benzene rings is 2. The van der Waals surface area contributed by atoms with Gasteiger partial charge in [-0.2, -0.15) is 0 Å². The molecule has 190 valence electrons. The minimum absolute atomic E-state index is 0.300. The zero-order valence-electron chi connectivity index (χ0n) is 21.3. The third kappa shape index (κ3) is 4.62. The molecule has 1 N–H and O–H groups in total. The first-order valence-corrected chi connectivity index (χ1v) is 12.8. The standard InChI is InChI=1S/C28H33ClN4O3/c1-19-7-5-6-8-22(19)28(35)13-11-27(29,12-14-28)21-9-10-23-20(15-21)16-32(25(34)36-26(2,3)4)17-24-31-30-18-33(23)24/h5-10,15,18,35H,11-14,16-17H2,1-4H3. The molecule has 3 aromatic rings. The first-order valence-electron chi connectivity index (χ1n) is 12.5. The molecule has 1 fully saturated rings. The summed E-state index contributed by atoms with van der Waals surface area (Å²) in [4.78, 5) is 14.0. The Labute approximate surface area is 217 Å². The van der Waals surface area contributed by atoms with Gasteiger partial charge in [0.15, 0.2) is 5.82 Å². The van der Waals surface area contributed by atoms with E-state index in [1.807, 2.05) is 62.6 Å². The van der Waals surface area contributed by atoms with Crippen LogP contribution >= 0.6 is 11.6 Å². The predicted molar refractivity (Wildman–Crippen MR) is 138 cm³/mol. The van der Waals surface area contributed by atoms with Crippen molar-refractivity contribution >= 4 is 17.7 Å². The van der Waals surface area contributed by atoms with Crippen LogP contribution in [0.2, 0.25) is 0 Å². The Morgan fingerprint density at radius 1 is 1.08 bits per heavy atom. The summed E-state index contributed by atoms with van der Waals surface area (Å²) in [7, 11) is 0. The number of amides is 1. The number of alkyl halides is 1. The number of hydrogen-bond acceptors (Lipinski definition) is 5. The molecule has 1 aliphatic carbocycles. The van der Waals surface area contributed by atoms with Gasteiger partial charge in [0, 0.05) is 0 Å². The lowest BCUT2D eigenvalue weighted by Gasteiger charge is -2.42. The van der Waals surface area contributed by atoms with Crippen molar-refractivity contribution in [1.29, 1.82) is 0 Å². The van der Waals surface area contributed by atoms with Crippen molar-refractivity contribution in [3.8, 4) is 5.69 Å². The van der Waals surface area contributed by atoms with Crippen molar-refractivity contribution in [3.63, 3.8) is 0 Å². The SMILES string of the molecule is Cc1ccccc1C1(O)CCC(Cl)(c2ccc3c(c2)CN(C(=O)OC(C)(C)C)Cc2nncn2-3)CC1. The van der Waals surface area contributed by atoms with Gasteiger partial charge in [-0.05, 0) is 81.7 Å². The molecule has 0 unspecified atom stereocenters. The van der Waals surface area contributed by atoms with E-state index in [4.69, 9.17) is 16.3 Å². The van der Waals surface area contributed by atoms with Crippen LogP contribution in [0.4, 0.5) is 4.79 Å². The van der Waals surface area contributed by atoms with E-state index in [-0.39, 0.29) is 0 Å². The first kappa shape index (κ1) is 24.8. The summed E-state index contributed by atoms with van der Waals surface area (Å²) in [6, 6.07) is 14.2. The maximum atomic E-state index is 13.0. The molecular weight excluding hydrogens is 476 g/mol. The Hall–Kier alpha value is -2.90. The van der Waals surface area contributed by atoms with Crippen molar-refractivity contribution in [1.82, 2.24) is 19.7 Å². The van der Waals surface area contributed by atoms with Crippen molar-refractivity contribution in [2.75, 3.05) is 0 Å². The van der Waals surface area contributed by atoms with E-state index < -0.39 is 22.2 Å². The van der Waals surface area contributed by atoms with Crippen LogP contribution in [0.25, 0.3) is 5.69 Å². The van der Waals surface area contributed by atoms with E-state index >= 15 is 0 Å². The average Bonchev–Trinajstić information content (AvgIpc) is 3.21. The molecule has 2 heterocycles. The lowest BCUT2D eigenvalue weighted by molar-refractivity contribution is -0.0110. The van der Waals surface area contributed by atoms with Crippen LogP contribution in [0.1, 0.15) is 74.5 Å². The van der Waals surface area contributed by atoms with Crippen molar-refractivity contribution < 1.29 is 14.6 Å². The number of aliphatic hydroxyl groups is 1. The van der Waals surface area contributed by atoms with E-state index in [1.165, 1.54) is 0 Å². The fraction of sp³-hybridized carbons (Fsp3) is 0.464. The Balaban J connectivity index is 1.44. The highest BCUT2D eigenvalue weighted by Gasteiger charge is 2.43. The number of rotatable bonds is 2. The van der Waals surface area contributed by atoms with Gasteiger partial charge in [0.2, 0.25) is 0 Å². The minimum Gasteiger partial charge on any atom is -0.444 e. The van der Waals surface area contributed by atoms with Crippen LogP contribution < -0.4 is 0 Å². The van der Waals surface area contributed by atoms with Crippen LogP contribution in [-0.2, 0) is 28.3 Å². The highest BCUT2D eigenvalue weighted by molar-refractivity contribution is 6.24. The number of aromatic nitrogens is 3. The van der Waals surface area contributed by atoms with Crippen molar-refractivity contribution in [2.24, 2.45) is 0 Å². The van der Waals surface area contributed by atoms with Gasteiger partial charge >= 0.3 is 6.09 Å². The van der Waals surface area contributed by atoms with Crippen LogP contribution in [0.3, 0.4) is 0 Å². The summed E-state index contributed by atoms with van der Waals surface area (Å²) in [5.74, 6) is 0.675. The van der Waals surface area contributed by atoms with Crippen LogP contribution in [-0.4, -0.2) is 36.5 Å². The molecule has 0 radical (unpaired) electrons. The molecule has 8 heteroatoms. The van der Waals surface area contributed by atoms with Gasteiger partial charge in [-0.15, -0.1) is 21.8 Å². The van der Waals surface area contributed by atoms with E-state index in [0.29, 0.717) is 44.6 Å². The maximum absolute atomic E-state index is 13.0. The minimum atomic E-state index is -0.875. The largest absolute Gasteiger partial charge is 0.444 e. The third-order valence-corrected chi connectivity index (χ3v) is 7.93. The molecule has 5 rings (SSSR count). The quantitative estimate of drug-likeness (QED) is 0.447. The van der Waals surface area contributed by atoms with E-state index in [0.717, 1.165) is 27.9 Å². The molecule has 1 saturated carbocycles. The first-order chi connectivity index (χ1) is 17.0. The number of halogens is 1. The maximum Gasteiger partial charge on any atom is 0.411 e. The summed E-state index contributed by atoms with van der Waals surface area (Å²) in [6.07, 6.45) is 3.73. The highest BCUT2D eigenvalue weighted by Crippen LogP contribution is 2.50. The molecule has 0 spiro atoms. The summed E-state index contributed by atoms with van der Waals surface area (Å²) in [5, 5.41) is 19.8. The molecule has 0 atom stereocenters. The predicted octanol–water partition coefficient (Wildman–Crippen LogP) is 5.72. The van der Waals surface area contributed by atoms with Gasteiger partial charge in [0.1, 0.15) is 11.9 Å². The number of aryl methyl sites for hydroxylation is 1. The number of ether oxygens (including phenoxy) is 1.